The molecule has 0 aliphatic rings. The normalized spacial score (nSPS) is 11.2. The van der Waals surface area contributed by atoms with Crippen LogP contribution in [0.4, 0.5) is 0 Å². The fraction of sp³-hybridized carbons (Fsp3) is 0.769. The minimum atomic E-state index is -4.53. The third kappa shape index (κ3) is 17.7. The summed E-state index contributed by atoms with van der Waals surface area (Å²) in [7, 11) is -4.53. The molecule has 0 unspecified atom stereocenters. The lowest BCUT2D eigenvalue weighted by atomic mass is 9.95. The van der Waals surface area contributed by atoms with Crippen molar-refractivity contribution in [2.45, 2.75) is 118 Å². The van der Waals surface area contributed by atoms with Crippen LogP contribution in [-0.2, 0) is 22.1 Å². The van der Waals surface area contributed by atoms with Crippen molar-refractivity contribution in [3.05, 3.63) is 29.3 Å². The van der Waals surface area contributed by atoms with Crippen LogP contribution in [0.25, 0.3) is 0 Å². The Bertz CT molecular complexity index is 598. The van der Waals surface area contributed by atoms with Crippen LogP contribution in [0.5, 0.6) is 5.75 Å². The first-order valence-corrected chi connectivity index (χ1v) is 14.4. The standard InChI is InChI=1S/C22H39O4P.C4H10O/c1-3-5-7-9-11-13-16-20-17-15-19-22(26-27(23,24)25)21(20)18-14-12-10-8-6-4-2;1-3-5-4-2/h15,17,19H,3-14,16,18H2,1-2H3,(H2,23,24,25);3-4H2,1-2H3. The summed E-state index contributed by atoms with van der Waals surface area (Å²) >= 11 is 0. The Morgan fingerprint density at radius 1 is 0.719 bits per heavy atom. The topological polar surface area (TPSA) is 76.0 Å². The Kier molecular flexibility index (Phi) is 20.2. The van der Waals surface area contributed by atoms with Crippen LogP contribution in [0.1, 0.15) is 116 Å². The predicted octanol–water partition coefficient (Wildman–Crippen LogP) is 8.01. The number of hydrogen-bond donors (Lipinski definition) is 2. The van der Waals surface area contributed by atoms with Gasteiger partial charge >= 0.3 is 7.82 Å². The number of rotatable bonds is 18. The monoisotopic (exact) mass is 472 g/mol. The second-order valence-electron chi connectivity index (χ2n) is 8.29. The van der Waals surface area contributed by atoms with E-state index in [-0.39, 0.29) is 0 Å². The molecule has 0 aliphatic carbocycles. The van der Waals surface area contributed by atoms with Crippen LogP contribution in [0, 0.1) is 0 Å². The van der Waals surface area contributed by atoms with Crippen molar-refractivity contribution in [2.24, 2.45) is 0 Å². The number of phosphoric ester groups is 1. The van der Waals surface area contributed by atoms with Gasteiger partial charge in [0.1, 0.15) is 5.75 Å². The molecule has 0 saturated carbocycles. The third-order valence-corrected chi connectivity index (χ3v) is 5.87. The van der Waals surface area contributed by atoms with Gasteiger partial charge in [-0.1, -0.05) is 90.2 Å². The molecule has 1 aromatic rings. The van der Waals surface area contributed by atoms with E-state index in [0.717, 1.165) is 50.9 Å². The van der Waals surface area contributed by atoms with Crippen LogP contribution >= 0.6 is 7.82 Å². The largest absolute Gasteiger partial charge is 0.524 e. The molecule has 0 amide bonds. The van der Waals surface area contributed by atoms with E-state index in [0.29, 0.717) is 5.75 Å². The van der Waals surface area contributed by atoms with E-state index >= 15 is 0 Å². The SMILES string of the molecule is CCCCCCCCc1cccc(OP(=O)(O)O)c1CCCCCCCC.CCOCC. The first-order chi connectivity index (χ1) is 15.4. The van der Waals surface area contributed by atoms with Gasteiger partial charge in [0.2, 0.25) is 0 Å². The highest BCUT2D eigenvalue weighted by atomic mass is 31.2. The molecule has 32 heavy (non-hydrogen) atoms. The van der Waals surface area contributed by atoms with Crippen molar-refractivity contribution in [2.75, 3.05) is 13.2 Å². The van der Waals surface area contributed by atoms with Gasteiger partial charge < -0.3 is 9.26 Å². The molecule has 2 N–H and O–H groups in total. The molecule has 188 valence electrons. The molecule has 0 spiro atoms. The van der Waals surface area contributed by atoms with Crippen molar-refractivity contribution in [1.29, 1.82) is 0 Å². The summed E-state index contributed by atoms with van der Waals surface area (Å²) in [5.41, 5.74) is 2.18. The summed E-state index contributed by atoms with van der Waals surface area (Å²) in [4.78, 5) is 18.5. The van der Waals surface area contributed by atoms with Crippen molar-refractivity contribution in [3.63, 3.8) is 0 Å². The number of aryl methyl sites for hydroxylation is 1. The van der Waals surface area contributed by atoms with Crippen molar-refractivity contribution < 1.29 is 23.6 Å². The zero-order chi connectivity index (χ0) is 24.1. The maximum absolute atomic E-state index is 11.3. The van der Waals surface area contributed by atoms with E-state index in [1.807, 2.05) is 19.9 Å². The molecule has 0 bridgehead atoms. The van der Waals surface area contributed by atoms with Gasteiger partial charge in [0.15, 0.2) is 0 Å². The molecular weight excluding hydrogens is 423 g/mol. The summed E-state index contributed by atoms with van der Waals surface area (Å²) in [6.07, 6.45) is 16.4. The first-order valence-electron chi connectivity index (χ1n) is 12.8. The van der Waals surface area contributed by atoms with E-state index in [9.17, 15) is 14.4 Å². The smallest absolute Gasteiger partial charge is 0.404 e. The van der Waals surface area contributed by atoms with Gasteiger partial charge in [-0.25, -0.2) is 4.57 Å². The molecule has 0 atom stereocenters. The highest BCUT2D eigenvalue weighted by molar-refractivity contribution is 7.46. The van der Waals surface area contributed by atoms with E-state index in [1.165, 1.54) is 63.4 Å². The minimum Gasteiger partial charge on any atom is -0.404 e. The molecule has 0 fully saturated rings. The number of benzene rings is 1. The van der Waals surface area contributed by atoms with Gasteiger partial charge in [-0.2, -0.15) is 0 Å². The Morgan fingerprint density at radius 3 is 1.69 bits per heavy atom. The number of ether oxygens (including phenoxy) is 1. The Morgan fingerprint density at radius 2 is 1.22 bits per heavy atom. The Hall–Kier alpha value is -0.870. The van der Waals surface area contributed by atoms with Crippen LogP contribution < -0.4 is 4.52 Å². The number of hydrogen-bond acceptors (Lipinski definition) is 3. The quantitative estimate of drug-likeness (QED) is 0.167. The first kappa shape index (κ1) is 31.1. The van der Waals surface area contributed by atoms with Gasteiger partial charge in [0.05, 0.1) is 0 Å². The minimum absolute atomic E-state index is 0.361. The third-order valence-electron chi connectivity index (χ3n) is 5.44. The fourth-order valence-electron chi connectivity index (χ4n) is 3.72. The van der Waals surface area contributed by atoms with Gasteiger partial charge in [0, 0.05) is 13.2 Å². The van der Waals surface area contributed by atoms with Crippen LogP contribution in [-0.4, -0.2) is 23.0 Å². The van der Waals surface area contributed by atoms with Gasteiger partial charge in [-0.15, -0.1) is 0 Å². The van der Waals surface area contributed by atoms with E-state index in [4.69, 9.17) is 9.26 Å². The zero-order valence-corrected chi connectivity index (χ0v) is 22.0. The molecule has 0 aromatic heterocycles. The van der Waals surface area contributed by atoms with Crippen molar-refractivity contribution in [1.82, 2.24) is 0 Å². The summed E-state index contributed by atoms with van der Waals surface area (Å²) in [6, 6.07) is 5.63. The summed E-state index contributed by atoms with van der Waals surface area (Å²) < 4.78 is 21.2. The van der Waals surface area contributed by atoms with Gasteiger partial charge in [-0.3, -0.25) is 9.79 Å². The number of unbranched alkanes of at least 4 members (excludes halogenated alkanes) is 10. The summed E-state index contributed by atoms with van der Waals surface area (Å²) in [5.74, 6) is 0.361. The second-order valence-corrected chi connectivity index (χ2v) is 9.46. The molecule has 1 rings (SSSR count). The van der Waals surface area contributed by atoms with Crippen molar-refractivity contribution >= 4 is 7.82 Å². The lowest BCUT2D eigenvalue weighted by Gasteiger charge is -2.16. The lowest BCUT2D eigenvalue weighted by Crippen LogP contribution is -2.01. The molecule has 0 aliphatic heterocycles. The highest BCUT2D eigenvalue weighted by Gasteiger charge is 2.19. The van der Waals surface area contributed by atoms with E-state index in [1.54, 1.807) is 6.07 Å². The molecule has 0 saturated heterocycles. The number of phosphoric acid groups is 1. The molecule has 0 heterocycles. The average Bonchev–Trinajstić information content (AvgIpc) is 2.74. The van der Waals surface area contributed by atoms with Crippen molar-refractivity contribution in [3.8, 4) is 5.75 Å². The average molecular weight is 473 g/mol. The van der Waals surface area contributed by atoms with E-state index < -0.39 is 7.82 Å². The molecule has 0 radical (unpaired) electrons. The summed E-state index contributed by atoms with van der Waals surface area (Å²) in [5, 5.41) is 0. The molecule has 1 aromatic carbocycles. The second kappa shape index (κ2) is 20.7. The lowest BCUT2D eigenvalue weighted by molar-refractivity contribution is 0.162. The molecule has 5 nitrogen and oxygen atoms in total. The summed E-state index contributed by atoms with van der Waals surface area (Å²) in [6.45, 7) is 10.1. The fourth-order valence-corrected chi connectivity index (χ4v) is 4.15. The van der Waals surface area contributed by atoms with Gasteiger partial charge in [-0.05, 0) is 56.7 Å². The van der Waals surface area contributed by atoms with E-state index in [2.05, 4.69) is 19.9 Å². The highest BCUT2D eigenvalue weighted by Crippen LogP contribution is 2.40. The van der Waals surface area contributed by atoms with Crippen LogP contribution in [0.15, 0.2) is 18.2 Å². The molecular formula is C26H49O5P. The maximum atomic E-state index is 11.3. The Labute approximate surface area is 197 Å². The Balaban J connectivity index is 0.00000172. The van der Waals surface area contributed by atoms with Gasteiger partial charge in [0.25, 0.3) is 0 Å². The predicted molar refractivity (Wildman–Crippen MR) is 135 cm³/mol. The van der Waals surface area contributed by atoms with Crippen LogP contribution in [0.3, 0.4) is 0 Å². The zero-order valence-electron chi connectivity index (χ0n) is 21.1. The maximum Gasteiger partial charge on any atom is 0.524 e. The molecule has 6 heteroatoms. The van der Waals surface area contributed by atoms with Crippen LogP contribution in [0.2, 0.25) is 0 Å².